The molecule has 0 radical (unpaired) electrons. The smallest absolute Gasteiger partial charge is 0.343 e. The van der Waals surface area contributed by atoms with E-state index in [4.69, 9.17) is 23.7 Å². The third kappa shape index (κ3) is 11.4. The van der Waals surface area contributed by atoms with Gasteiger partial charge in [-0.1, -0.05) is 25.3 Å². The first-order chi connectivity index (χ1) is 21.3. The van der Waals surface area contributed by atoms with Gasteiger partial charge in [0.25, 0.3) is 0 Å². The minimum absolute atomic E-state index is 0.263. The van der Waals surface area contributed by atoms with Gasteiger partial charge in [-0.3, -0.25) is 0 Å². The highest BCUT2D eigenvalue weighted by Gasteiger charge is 2.12. The van der Waals surface area contributed by atoms with Crippen LogP contribution in [0.4, 0.5) is 0 Å². The largest absolute Gasteiger partial charge is 0.494 e. The molecule has 9 nitrogen and oxygen atoms in total. The molecular weight excluding hydrogens is 564 g/mol. The molecule has 0 unspecified atom stereocenters. The Labute approximate surface area is 256 Å². The van der Waals surface area contributed by atoms with Gasteiger partial charge in [0.05, 0.1) is 18.8 Å². The van der Waals surface area contributed by atoms with Gasteiger partial charge in [-0.15, -0.1) is 0 Å². The Morgan fingerprint density at radius 1 is 0.659 bits per heavy atom. The SMILES string of the molecule is C=CC(=O)OCCCCCCOc1ccc(/C=C/C(=O)Oc2ccc(OC(=O)c3ccc(OC(=O)C=C)cc3)cc2C)cc1. The van der Waals surface area contributed by atoms with Crippen molar-refractivity contribution in [3.05, 3.63) is 115 Å². The summed E-state index contributed by atoms with van der Waals surface area (Å²) < 4.78 is 26.5. The van der Waals surface area contributed by atoms with E-state index in [1.165, 1.54) is 36.4 Å². The molecule has 228 valence electrons. The highest BCUT2D eigenvalue weighted by atomic mass is 16.5. The number of esters is 4. The second-order valence-corrected chi connectivity index (χ2v) is 9.42. The molecule has 44 heavy (non-hydrogen) atoms. The summed E-state index contributed by atoms with van der Waals surface area (Å²) in [4.78, 5) is 47.2. The summed E-state index contributed by atoms with van der Waals surface area (Å²) in [6, 6.07) is 17.9. The van der Waals surface area contributed by atoms with E-state index in [2.05, 4.69) is 13.2 Å². The molecule has 0 amide bonds. The number of benzene rings is 3. The first-order valence-electron chi connectivity index (χ1n) is 14.0. The van der Waals surface area contributed by atoms with Crippen LogP contribution in [-0.2, 0) is 19.1 Å². The maximum atomic E-state index is 12.5. The molecule has 0 heterocycles. The second kappa shape index (κ2) is 17.5. The molecule has 0 fully saturated rings. The van der Waals surface area contributed by atoms with Crippen molar-refractivity contribution in [2.24, 2.45) is 0 Å². The van der Waals surface area contributed by atoms with Gasteiger partial charge in [0.15, 0.2) is 0 Å². The Bertz CT molecular complexity index is 1490. The highest BCUT2D eigenvalue weighted by molar-refractivity contribution is 5.92. The van der Waals surface area contributed by atoms with Gasteiger partial charge in [0.2, 0.25) is 0 Å². The Morgan fingerprint density at radius 2 is 1.30 bits per heavy atom. The third-order valence-corrected chi connectivity index (χ3v) is 6.05. The number of hydrogen-bond donors (Lipinski definition) is 0. The average Bonchev–Trinajstić information content (AvgIpc) is 3.03. The Hall–Kier alpha value is -5.44. The Balaban J connectivity index is 1.41. The number of carbonyl (C=O) groups excluding carboxylic acids is 4. The van der Waals surface area contributed by atoms with Crippen LogP contribution in [0.5, 0.6) is 23.0 Å². The molecule has 0 saturated carbocycles. The summed E-state index contributed by atoms with van der Waals surface area (Å²) in [6.45, 7) is 9.39. The van der Waals surface area contributed by atoms with E-state index in [1.54, 1.807) is 25.1 Å². The lowest BCUT2D eigenvalue weighted by Crippen LogP contribution is -2.09. The Morgan fingerprint density at radius 3 is 1.95 bits per heavy atom. The molecule has 0 aliphatic heterocycles. The van der Waals surface area contributed by atoms with Crippen LogP contribution in [0.3, 0.4) is 0 Å². The molecule has 3 aromatic carbocycles. The molecule has 0 aromatic heterocycles. The lowest BCUT2D eigenvalue weighted by molar-refractivity contribution is -0.138. The van der Waals surface area contributed by atoms with Crippen LogP contribution in [0, 0.1) is 6.92 Å². The summed E-state index contributed by atoms with van der Waals surface area (Å²) >= 11 is 0. The topological polar surface area (TPSA) is 114 Å². The summed E-state index contributed by atoms with van der Waals surface area (Å²) in [7, 11) is 0. The molecule has 0 saturated heterocycles. The normalized spacial score (nSPS) is 10.5. The second-order valence-electron chi connectivity index (χ2n) is 9.42. The molecule has 0 bridgehead atoms. The fourth-order valence-corrected chi connectivity index (χ4v) is 3.74. The van der Waals surface area contributed by atoms with Gasteiger partial charge in [-0.05, 0) is 104 Å². The molecule has 0 aliphatic carbocycles. The first kappa shape index (κ1) is 33.1. The van der Waals surface area contributed by atoms with Crippen molar-refractivity contribution in [1.82, 2.24) is 0 Å². The van der Waals surface area contributed by atoms with E-state index < -0.39 is 23.9 Å². The first-order valence-corrected chi connectivity index (χ1v) is 14.0. The van der Waals surface area contributed by atoms with Crippen LogP contribution in [0.1, 0.15) is 47.2 Å². The fourth-order valence-electron chi connectivity index (χ4n) is 3.74. The number of unbranched alkanes of at least 4 members (excludes halogenated alkanes) is 3. The van der Waals surface area contributed by atoms with E-state index in [1.807, 2.05) is 24.3 Å². The number of rotatable bonds is 16. The van der Waals surface area contributed by atoms with E-state index in [9.17, 15) is 19.2 Å². The zero-order chi connectivity index (χ0) is 31.7. The van der Waals surface area contributed by atoms with E-state index in [0.29, 0.717) is 24.5 Å². The summed E-state index contributed by atoms with van der Waals surface area (Å²) in [6.07, 6.45) is 8.76. The predicted molar refractivity (Wildman–Crippen MR) is 165 cm³/mol. The predicted octanol–water partition coefficient (Wildman–Crippen LogP) is 6.59. The van der Waals surface area contributed by atoms with Gasteiger partial charge < -0.3 is 23.7 Å². The molecular formula is C35H34O9. The maximum absolute atomic E-state index is 12.5. The van der Waals surface area contributed by atoms with Gasteiger partial charge in [0, 0.05) is 18.2 Å². The molecule has 0 atom stereocenters. The van der Waals surface area contributed by atoms with E-state index in [-0.39, 0.29) is 17.1 Å². The maximum Gasteiger partial charge on any atom is 0.343 e. The standard InChI is InChI=1S/C35H34O9/c1-4-32(36)41-23-9-7-6-8-22-40-28-15-10-26(11-16-28)12-21-34(38)44-31-20-19-30(24-25(31)3)43-35(39)27-13-17-29(18-14-27)42-33(37)5-2/h4-5,10-21,24H,1-2,6-9,22-23H2,3H3/b21-12+. The van der Waals surface area contributed by atoms with Crippen molar-refractivity contribution >= 4 is 30.0 Å². The van der Waals surface area contributed by atoms with Crippen LogP contribution in [0.25, 0.3) is 6.08 Å². The quantitative estimate of drug-likeness (QED) is 0.0779. The van der Waals surface area contributed by atoms with Crippen LogP contribution in [0.15, 0.2) is 98.1 Å². The minimum Gasteiger partial charge on any atom is -0.494 e. The van der Waals surface area contributed by atoms with E-state index >= 15 is 0 Å². The van der Waals surface area contributed by atoms with Crippen molar-refractivity contribution in [3.8, 4) is 23.0 Å². The highest BCUT2D eigenvalue weighted by Crippen LogP contribution is 2.25. The summed E-state index contributed by atoms with van der Waals surface area (Å²) in [5.41, 5.74) is 1.66. The Kier molecular flexibility index (Phi) is 13.2. The van der Waals surface area contributed by atoms with Gasteiger partial charge in [0.1, 0.15) is 23.0 Å². The lowest BCUT2D eigenvalue weighted by Gasteiger charge is -2.09. The van der Waals surface area contributed by atoms with Gasteiger partial charge in [-0.25, -0.2) is 19.2 Å². The van der Waals surface area contributed by atoms with Crippen LogP contribution >= 0.6 is 0 Å². The molecule has 0 aliphatic rings. The van der Waals surface area contributed by atoms with Crippen molar-refractivity contribution in [2.75, 3.05) is 13.2 Å². The van der Waals surface area contributed by atoms with Crippen molar-refractivity contribution < 1.29 is 42.9 Å². The van der Waals surface area contributed by atoms with Crippen molar-refractivity contribution in [3.63, 3.8) is 0 Å². The van der Waals surface area contributed by atoms with Crippen molar-refractivity contribution in [1.29, 1.82) is 0 Å². The fraction of sp³-hybridized carbons (Fsp3) is 0.200. The molecule has 9 heteroatoms. The zero-order valence-corrected chi connectivity index (χ0v) is 24.5. The third-order valence-electron chi connectivity index (χ3n) is 6.05. The van der Waals surface area contributed by atoms with E-state index in [0.717, 1.165) is 49.1 Å². The van der Waals surface area contributed by atoms with Gasteiger partial charge in [-0.2, -0.15) is 0 Å². The lowest BCUT2D eigenvalue weighted by atomic mass is 10.2. The van der Waals surface area contributed by atoms with Crippen LogP contribution in [0.2, 0.25) is 0 Å². The minimum atomic E-state index is -0.602. The monoisotopic (exact) mass is 598 g/mol. The van der Waals surface area contributed by atoms with Crippen LogP contribution in [-0.4, -0.2) is 37.1 Å². The number of hydrogen-bond acceptors (Lipinski definition) is 9. The number of ether oxygens (including phenoxy) is 5. The average molecular weight is 599 g/mol. The summed E-state index contributed by atoms with van der Waals surface area (Å²) in [5.74, 6) is -0.557. The van der Waals surface area contributed by atoms with Crippen molar-refractivity contribution in [2.45, 2.75) is 32.6 Å². The van der Waals surface area contributed by atoms with Crippen LogP contribution < -0.4 is 18.9 Å². The number of aryl methyl sites for hydroxylation is 1. The molecule has 0 spiro atoms. The summed E-state index contributed by atoms with van der Waals surface area (Å²) in [5, 5.41) is 0. The van der Waals surface area contributed by atoms with Gasteiger partial charge >= 0.3 is 23.9 Å². The molecule has 3 aromatic rings. The molecule has 0 N–H and O–H groups in total. The number of carbonyl (C=O) groups is 4. The molecule has 3 rings (SSSR count). The zero-order valence-electron chi connectivity index (χ0n) is 24.5.